The van der Waals surface area contributed by atoms with Crippen molar-refractivity contribution in [2.45, 2.75) is 31.4 Å². The van der Waals surface area contributed by atoms with Gasteiger partial charge in [0.1, 0.15) is 11.6 Å². The van der Waals surface area contributed by atoms with Crippen LogP contribution in [0.25, 0.3) is 11.3 Å². The Hall–Kier alpha value is -3.69. The Kier molecular flexibility index (Phi) is 5.45. The predicted molar refractivity (Wildman–Crippen MR) is 106 cm³/mol. The van der Waals surface area contributed by atoms with Gasteiger partial charge in [-0.2, -0.15) is 8.78 Å². The number of hydrogen-bond acceptors (Lipinski definition) is 6. The molecule has 4 rings (SSSR count). The summed E-state index contributed by atoms with van der Waals surface area (Å²) < 4.78 is 43.6. The molecule has 1 aliphatic rings. The molecule has 0 atom stereocenters. The Balaban J connectivity index is 1.57. The highest BCUT2D eigenvalue weighted by Gasteiger charge is 2.40. The maximum atomic E-state index is 14.2. The maximum absolute atomic E-state index is 14.2. The van der Waals surface area contributed by atoms with E-state index in [1.165, 1.54) is 18.2 Å². The lowest BCUT2D eigenvalue weighted by atomic mass is 9.74. The minimum absolute atomic E-state index is 0.104. The van der Waals surface area contributed by atoms with Crippen molar-refractivity contribution < 1.29 is 22.7 Å². The molecule has 160 valence electrons. The molecule has 3 aromatic rings. The zero-order valence-corrected chi connectivity index (χ0v) is 16.2. The molecule has 1 aliphatic carbocycles. The number of aromatic nitrogens is 3. The minimum Gasteiger partial charge on any atom is -0.417 e. The highest BCUT2D eigenvalue weighted by atomic mass is 19.3. The molecule has 1 amide bonds. The molecule has 2 heterocycles. The quantitative estimate of drug-likeness (QED) is 0.591. The van der Waals surface area contributed by atoms with Gasteiger partial charge < -0.3 is 15.8 Å². The van der Waals surface area contributed by atoms with Crippen molar-refractivity contribution in [1.82, 2.24) is 15.2 Å². The van der Waals surface area contributed by atoms with Crippen LogP contribution in [-0.4, -0.2) is 27.7 Å². The summed E-state index contributed by atoms with van der Waals surface area (Å²) in [6.07, 6.45) is 2.36. The number of rotatable bonds is 7. The fourth-order valence-electron chi connectivity index (χ4n) is 3.48. The molecule has 0 radical (unpaired) electrons. The Bertz CT molecular complexity index is 1100. The zero-order valence-electron chi connectivity index (χ0n) is 16.2. The largest absolute Gasteiger partial charge is 0.417 e. The molecule has 0 spiro atoms. The van der Waals surface area contributed by atoms with Gasteiger partial charge in [-0.15, -0.1) is 10.2 Å². The predicted octanol–water partition coefficient (Wildman–Crippen LogP) is 3.87. The third-order valence-electron chi connectivity index (χ3n) is 5.19. The standard InChI is InChI=1S/C21H18F3N5O2/c22-14-6-5-12(19(25)30)11-13(14)15-7-8-17(29-28-15)27-21(9-2-10-21)16-3-1-4-18(26-16)31-20(23)24/h1,3-8,11,20H,2,9-10H2,(H2,25,30)(H,27,29). The monoisotopic (exact) mass is 429 g/mol. The number of hydrogen-bond donors (Lipinski definition) is 2. The first-order chi connectivity index (χ1) is 14.9. The van der Waals surface area contributed by atoms with Gasteiger partial charge in [0.05, 0.1) is 16.9 Å². The van der Waals surface area contributed by atoms with Gasteiger partial charge in [0.25, 0.3) is 0 Å². The van der Waals surface area contributed by atoms with Crippen LogP contribution in [-0.2, 0) is 5.54 Å². The Morgan fingerprint density at radius 2 is 1.94 bits per heavy atom. The van der Waals surface area contributed by atoms with E-state index < -0.39 is 23.9 Å². The van der Waals surface area contributed by atoms with Crippen LogP contribution in [0.2, 0.25) is 0 Å². The number of carbonyl (C=O) groups excluding carboxylic acids is 1. The summed E-state index contributed by atoms with van der Waals surface area (Å²) in [5.41, 5.74) is 5.72. The van der Waals surface area contributed by atoms with E-state index in [9.17, 15) is 18.0 Å². The number of ether oxygens (including phenoxy) is 1. The van der Waals surface area contributed by atoms with Crippen molar-refractivity contribution in [3.8, 4) is 17.1 Å². The van der Waals surface area contributed by atoms with E-state index in [0.29, 0.717) is 11.5 Å². The van der Waals surface area contributed by atoms with Gasteiger partial charge in [-0.05, 0) is 55.7 Å². The number of benzene rings is 1. The lowest BCUT2D eigenvalue weighted by Gasteiger charge is -2.42. The van der Waals surface area contributed by atoms with Gasteiger partial charge in [0.15, 0.2) is 0 Å². The van der Waals surface area contributed by atoms with Gasteiger partial charge in [-0.25, -0.2) is 9.37 Å². The fraction of sp³-hybridized carbons (Fsp3) is 0.238. The smallest absolute Gasteiger partial charge is 0.388 e. The molecule has 0 bridgehead atoms. The summed E-state index contributed by atoms with van der Waals surface area (Å²) in [5.74, 6) is -0.982. The number of anilines is 1. The van der Waals surface area contributed by atoms with Crippen molar-refractivity contribution >= 4 is 11.7 Å². The van der Waals surface area contributed by atoms with Gasteiger partial charge in [-0.3, -0.25) is 4.79 Å². The second-order valence-electron chi connectivity index (χ2n) is 7.16. The molecular formula is C21H18F3N5O2. The van der Waals surface area contributed by atoms with E-state index in [1.54, 1.807) is 24.3 Å². The number of amides is 1. The summed E-state index contributed by atoms with van der Waals surface area (Å²) in [7, 11) is 0. The molecule has 0 unspecified atom stereocenters. The first-order valence-corrected chi connectivity index (χ1v) is 9.50. The lowest BCUT2D eigenvalue weighted by molar-refractivity contribution is -0.0531. The second-order valence-corrected chi connectivity index (χ2v) is 7.16. The van der Waals surface area contributed by atoms with Gasteiger partial charge in [-0.1, -0.05) is 6.07 Å². The molecule has 1 fully saturated rings. The Morgan fingerprint density at radius 1 is 1.13 bits per heavy atom. The summed E-state index contributed by atoms with van der Waals surface area (Å²) in [6, 6.07) is 11.7. The van der Waals surface area contributed by atoms with E-state index in [-0.39, 0.29) is 22.7 Å². The van der Waals surface area contributed by atoms with Crippen molar-refractivity contribution in [2.24, 2.45) is 5.73 Å². The molecule has 7 nitrogen and oxygen atoms in total. The number of alkyl halides is 2. The average molecular weight is 429 g/mol. The lowest BCUT2D eigenvalue weighted by Crippen LogP contribution is -2.43. The highest BCUT2D eigenvalue weighted by Crippen LogP contribution is 2.43. The normalized spacial score (nSPS) is 14.7. The van der Waals surface area contributed by atoms with Crippen LogP contribution in [0.3, 0.4) is 0 Å². The van der Waals surface area contributed by atoms with Crippen LogP contribution in [0, 0.1) is 5.82 Å². The second kappa shape index (κ2) is 8.21. The Labute approximate surface area is 175 Å². The molecule has 1 saturated carbocycles. The fourth-order valence-corrected chi connectivity index (χ4v) is 3.48. The number of pyridine rings is 1. The summed E-state index contributed by atoms with van der Waals surface area (Å²) in [6.45, 7) is -2.96. The third kappa shape index (κ3) is 4.27. The zero-order chi connectivity index (χ0) is 22.0. The SMILES string of the molecule is NC(=O)c1ccc(F)c(-c2ccc(NC3(c4cccc(OC(F)F)n4)CCC3)nn2)c1. The number of halogens is 3. The first-order valence-electron chi connectivity index (χ1n) is 9.50. The topological polar surface area (TPSA) is 103 Å². The maximum Gasteiger partial charge on any atom is 0.388 e. The summed E-state index contributed by atoms with van der Waals surface area (Å²) >= 11 is 0. The highest BCUT2D eigenvalue weighted by molar-refractivity contribution is 5.94. The third-order valence-corrected chi connectivity index (χ3v) is 5.19. The van der Waals surface area contributed by atoms with E-state index in [2.05, 4.69) is 25.2 Å². The molecule has 1 aromatic carbocycles. The van der Waals surface area contributed by atoms with Crippen molar-refractivity contribution in [2.75, 3.05) is 5.32 Å². The minimum atomic E-state index is -2.96. The van der Waals surface area contributed by atoms with Crippen molar-refractivity contribution in [3.05, 3.63) is 65.6 Å². The number of nitrogens with zero attached hydrogens (tertiary/aromatic N) is 3. The number of nitrogens with one attached hydrogen (secondary N) is 1. The van der Waals surface area contributed by atoms with Crippen LogP contribution in [0.5, 0.6) is 5.88 Å². The van der Waals surface area contributed by atoms with Gasteiger partial charge in [0.2, 0.25) is 11.8 Å². The van der Waals surface area contributed by atoms with Crippen LogP contribution in [0.1, 0.15) is 35.3 Å². The average Bonchev–Trinajstić information content (AvgIpc) is 2.71. The summed E-state index contributed by atoms with van der Waals surface area (Å²) in [4.78, 5) is 15.6. The molecule has 0 saturated heterocycles. The van der Waals surface area contributed by atoms with Crippen LogP contribution < -0.4 is 15.8 Å². The van der Waals surface area contributed by atoms with Gasteiger partial charge in [0, 0.05) is 17.2 Å². The van der Waals surface area contributed by atoms with E-state index in [1.807, 2.05) is 0 Å². The molecule has 3 N–H and O–H groups in total. The Morgan fingerprint density at radius 3 is 2.55 bits per heavy atom. The molecule has 2 aromatic heterocycles. The van der Waals surface area contributed by atoms with Crippen LogP contribution in [0.15, 0.2) is 48.5 Å². The van der Waals surface area contributed by atoms with E-state index in [4.69, 9.17) is 5.73 Å². The summed E-state index contributed by atoms with van der Waals surface area (Å²) in [5, 5.41) is 11.4. The number of carbonyl (C=O) groups is 1. The van der Waals surface area contributed by atoms with E-state index in [0.717, 1.165) is 25.3 Å². The van der Waals surface area contributed by atoms with Crippen molar-refractivity contribution in [1.29, 1.82) is 0 Å². The molecule has 10 heteroatoms. The molecular weight excluding hydrogens is 411 g/mol. The first kappa shape index (κ1) is 20.6. The molecule has 0 aliphatic heterocycles. The van der Waals surface area contributed by atoms with Crippen LogP contribution in [0.4, 0.5) is 19.0 Å². The number of primary amides is 1. The molecule has 31 heavy (non-hydrogen) atoms. The van der Waals surface area contributed by atoms with Gasteiger partial charge >= 0.3 is 6.61 Å². The van der Waals surface area contributed by atoms with E-state index >= 15 is 0 Å². The van der Waals surface area contributed by atoms with Crippen LogP contribution >= 0.6 is 0 Å². The number of nitrogens with two attached hydrogens (primary N) is 1. The van der Waals surface area contributed by atoms with Crippen molar-refractivity contribution in [3.63, 3.8) is 0 Å².